The Kier molecular flexibility index (Phi) is 5.12. The van der Waals surface area contributed by atoms with E-state index in [4.69, 9.17) is 4.74 Å². The van der Waals surface area contributed by atoms with E-state index in [0.29, 0.717) is 5.75 Å². The first kappa shape index (κ1) is 19.1. The number of aryl methyl sites for hydroxylation is 1. The molecular formula is C18H13F3N4O3. The van der Waals surface area contributed by atoms with Crippen LogP contribution < -0.4 is 10.1 Å². The number of hydrogen-bond acceptors (Lipinski definition) is 6. The second-order valence-electron chi connectivity index (χ2n) is 5.75. The third-order valence-corrected chi connectivity index (χ3v) is 3.66. The maximum atomic E-state index is 12.9. The van der Waals surface area contributed by atoms with Gasteiger partial charge in [0.1, 0.15) is 12.1 Å². The normalized spacial score (nSPS) is 11.1. The number of hydrogen-bond donors (Lipinski definition) is 1. The lowest BCUT2D eigenvalue weighted by Gasteiger charge is -2.11. The maximum Gasteiger partial charge on any atom is 0.416 e. The van der Waals surface area contributed by atoms with Gasteiger partial charge in [-0.25, -0.2) is 4.98 Å². The summed E-state index contributed by atoms with van der Waals surface area (Å²) in [5, 5.41) is 14.1. The first-order valence-corrected chi connectivity index (χ1v) is 7.92. The summed E-state index contributed by atoms with van der Waals surface area (Å²) in [4.78, 5) is 18.3. The third-order valence-electron chi connectivity index (χ3n) is 3.66. The van der Waals surface area contributed by atoms with Gasteiger partial charge < -0.3 is 10.1 Å². The summed E-state index contributed by atoms with van der Waals surface area (Å²) in [6.07, 6.45) is -3.53. The molecule has 2 aromatic carbocycles. The van der Waals surface area contributed by atoms with Crippen LogP contribution in [0.1, 0.15) is 11.1 Å². The molecule has 0 fully saturated rings. The van der Waals surface area contributed by atoms with E-state index in [1.165, 1.54) is 12.1 Å². The summed E-state index contributed by atoms with van der Waals surface area (Å²) in [6, 6.07) is 11.0. The fourth-order valence-electron chi connectivity index (χ4n) is 2.32. The second kappa shape index (κ2) is 7.51. The van der Waals surface area contributed by atoms with Gasteiger partial charge in [-0.1, -0.05) is 23.8 Å². The molecule has 1 N–H and O–H groups in total. The standard InChI is InChI=1S/C18H13F3N4O3/c1-11-5-7-14(8-6-11)28-17-15(25(26)27)16(22-10-23-17)24-13-4-2-3-12(9-13)18(19,20)21/h2-10H,1H3,(H,22,23,24). The van der Waals surface area contributed by atoms with Crippen molar-refractivity contribution in [1.29, 1.82) is 0 Å². The summed E-state index contributed by atoms with van der Waals surface area (Å²) in [5.74, 6) is -0.308. The Hall–Kier alpha value is -3.69. The molecule has 1 aromatic heterocycles. The van der Waals surface area contributed by atoms with Crippen LogP contribution in [0.4, 0.5) is 30.4 Å². The summed E-state index contributed by atoms with van der Waals surface area (Å²) < 4.78 is 44.1. The smallest absolute Gasteiger partial charge is 0.416 e. The van der Waals surface area contributed by atoms with Crippen LogP contribution >= 0.6 is 0 Å². The Morgan fingerprint density at radius 2 is 1.82 bits per heavy atom. The Bertz CT molecular complexity index is 1010. The van der Waals surface area contributed by atoms with E-state index in [9.17, 15) is 23.3 Å². The first-order chi connectivity index (χ1) is 13.2. The number of nitro groups is 1. The number of anilines is 2. The van der Waals surface area contributed by atoms with Gasteiger partial charge in [-0.05, 0) is 37.3 Å². The highest BCUT2D eigenvalue weighted by atomic mass is 19.4. The number of rotatable bonds is 5. The van der Waals surface area contributed by atoms with E-state index >= 15 is 0 Å². The minimum Gasteiger partial charge on any atom is -0.434 e. The zero-order chi connectivity index (χ0) is 20.3. The van der Waals surface area contributed by atoms with Crippen molar-refractivity contribution >= 4 is 17.2 Å². The molecule has 0 aliphatic rings. The van der Waals surface area contributed by atoms with Crippen molar-refractivity contribution in [2.45, 2.75) is 13.1 Å². The molecule has 0 aliphatic carbocycles. The van der Waals surface area contributed by atoms with Gasteiger partial charge in [-0.3, -0.25) is 10.1 Å². The SMILES string of the molecule is Cc1ccc(Oc2ncnc(Nc3cccc(C(F)(F)F)c3)c2[N+](=O)[O-])cc1. The van der Waals surface area contributed by atoms with E-state index in [-0.39, 0.29) is 17.4 Å². The predicted octanol–water partition coefficient (Wildman–Crippen LogP) is 5.25. The van der Waals surface area contributed by atoms with Crippen LogP contribution in [-0.2, 0) is 6.18 Å². The number of halogens is 3. The molecule has 7 nitrogen and oxygen atoms in total. The summed E-state index contributed by atoms with van der Waals surface area (Å²) in [6.45, 7) is 1.87. The Labute approximate surface area is 157 Å². The molecule has 0 aliphatic heterocycles. The summed E-state index contributed by atoms with van der Waals surface area (Å²) in [5.41, 5.74) is -0.542. The number of nitrogens with zero attached hydrogens (tertiary/aromatic N) is 3. The monoisotopic (exact) mass is 390 g/mol. The van der Waals surface area contributed by atoms with Gasteiger partial charge in [0.15, 0.2) is 0 Å². The molecule has 3 rings (SSSR count). The lowest BCUT2D eigenvalue weighted by Crippen LogP contribution is -2.06. The minimum absolute atomic E-state index is 0.0158. The van der Waals surface area contributed by atoms with E-state index < -0.39 is 22.4 Å². The van der Waals surface area contributed by atoms with Crippen molar-refractivity contribution in [3.05, 3.63) is 76.1 Å². The van der Waals surface area contributed by atoms with Crippen LogP contribution in [0.3, 0.4) is 0 Å². The maximum absolute atomic E-state index is 12.9. The lowest BCUT2D eigenvalue weighted by atomic mass is 10.2. The summed E-state index contributed by atoms with van der Waals surface area (Å²) >= 11 is 0. The molecule has 28 heavy (non-hydrogen) atoms. The van der Waals surface area contributed by atoms with Crippen LogP contribution in [0, 0.1) is 17.0 Å². The van der Waals surface area contributed by atoms with Crippen molar-refractivity contribution in [3.8, 4) is 11.6 Å². The van der Waals surface area contributed by atoms with Crippen LogP contribution in [0.5, 0.6) is 11.6 Å². The molecule has 144 valence electrons. The van der Waals surface area contributed by atoms with Gasteiger partial charge in [0, 0.05) is 5.69 Å². The molecular weight excluding hydrogens is 377 g/mol. The van der Waals surface area contributed by atoms with Gasteiger partial charge in [0.2, 0.25) is 5.82 Å². The molecule has 0 amide bonds. The number of alkyl halides is 3. The molecule has 0 saturated carbocycles. The summed E-state index contributed by atoms with van der Waals surface area (Å²) in [7, 11) is 0. The zero-order valence-corrected chi connectivity index (χ0v) is 14.4. The van der Waals surface area contributed by atoms with Gasteiger partial charge in [-0.15, -0.1) is 0 Å². The van der Waals surface area contributed by atoms with Crippen LogP contribution in [0.15, 0.2) is 54.9 Å². The molecule has 0 unspecified atom stereocenters. The van der Waals surface area contributed by atoms with Crippen molar-refractivity contribution in [1.82, 2.24) is 9.97 Å². The van der Waals surface area contributed by atoms with E-state index in [1.807, 2.05) is 6.92 Å². The lowest BCUT2D eigenvalue weighted by molar-refractivity contribution is -0.385. The highest BCUT2D eigenvalue weighted by Gasteiger charge is 2.31. The van der Waals surface area contributed by atoms with E-state index in [0.717, 1.165) is 24.0 Å². The molecule has 0 saturated heterocycles. The van der Waals surface area contributed by atoms with Crippen LogP contribution in [0.25, 0.3) is 0 Å². The van der Waals surface area contributed by atoms with Gasteiger partial charge in [0.05, 0.1) is 10.5 Å². The second-order valence-corrected chi connectivity index (χ2v) is 5.75. The molecule has 1 heterocycles. The van der Waals surface area contributed by atoms with Gasteiger partial charge >= 0.3 is 17.7 Å². The highest BCUT2D eigenvalue weighted by Crippen LogP contribution is 2.36. The molecule has 3 aromatic rings. The van der Waals surface area contributed by atoms with Crippen LogP contribution in [0.2, 0.25) is 0 Å². The number of nitrogens with one attached hydrogen (secondary N) is 1. The Balaban J connectivity index is 1.96. The number of ether oxygens (including phenoxy) is 1. The Morgan fingerprint density at radius 1 is 1.11 bits per heavy atom. The molecule has 0 atom stereocenters. The van der Waals surface area contributed by atoms with Crippen LogP contribution in [-0.4, -0.2) is 14.9 Å². The topological polar surface area (TPSA) is 90.2 Å². The van der Waals surface area contributed by atoms with Crippen molar-refractivity contribution in [2.24, 2.45) is 0 Å². The average molecular weight is 390 g/mol. The van der Waals surface area contributed by atoms with Crippen molar-refractivity contribution in [3.63, 3.8) is 0 Å². The van der Waals surface area contributed by atoms with Gasteiger partial charge in [-0.2, -0.15) is 18.2 Å². The van der Waals surface area contributed by atoms with Crippen molar-refractivity contribution in [2.75, 3.05) is 5.32 Å². The molecule has 0 spiro atoms. The third kappa shape index (κ3) is 4.34. The highest BCUT2D eigenvalue weighted by molar-refractivity contribution is 5.69. The van der Waals surface area contributed by atoms with Gasteiger partial charge in [0.25, 0.3) is 0 Å². The minimum atomic E-state index is -4.55. The number of benzene rings is 2. The Morgan fingerprint density at radius 3 is 2.46 bits per heavy atom. The largest absolute Gasteiger partial charge is 0.434 e. The average Bonchev–Trinajstić information content (AvgIpc) is 2.63. The zero-order valence-electron chi connectivity index (χ0n) is 14.4. The molecule has 0 radical (unpaired) electrons. The van der Waals surface area contributed by atoms with E-state index in [2.05, 4.69) is 15.3 Å². The number of aromatic nitrogens is 2. The predicted molar refractivity (Wildman–Crippen MR) is 94.7 cm³/mol. The first-order valence-electron chi connectivity index (χ1n) is 7.92. The fraction of sp³-hybridized carbons (Fsp3) is 0.111. The fourth-order valence-corrected chi connectivity index (χ4v) is 2.32. The van der Waals surface area contributed by atoms with Crippen molar-refractivity contribution < 1.29 is 22.8 Å². The molecule has 10 heteroatoms. The quantitative estimate of drug-likeness (QED) is 0.473. The van der Waals surface area contributed by atoms with E-state index in [1.54, 1.807) is 24.3 Å². The molecule has 0 bridgehead atoms.